The van der Waals surface area contributed by atoms with Gasteiger partial charge in [-0.15, -0.1) is 11.3 Å². The molecule has 0 atom stereocenters. The van der Waals surface area contributed by atoms with Crippen LogP contribution in [0.3, 0.4) is 0 Å². The van der Waals surface area contributed by atoms with Crippen molar-refractivity contribution in [1.29, 1.82) is 0 Å². The lowest BCUT2D eigenvalue weighted by atomic mass is 10.0. The quantitative estimate of drug-likeness (QED) is 0.782. The number of esters is 1. The van der Waals surface area contributed by atoms with Crippen LogP contribution in [0.5, 0.6) is 0 Å². The first-order valence-corrected chi connectivity index (χ1v) is 10.1. The maximum atomic E-state index is 12.6. The van der Waals surface area contributed by atoms with Gasteiger partial charge >= 0.3 is 5.97 Å². The monoisotopic (exact) mass is 400 g/mol. The minimum absolute atomic E-state index is 0.000204. The van der Waals surface area contributed by atoms with Gasteiger partial charge in [0.05, 0.1) is 25.6 Å². The zero-order valence-electron chi connectivity index (χ0n) is 16.3. The van der Waals surface area contributed by atoms with Crippen molar-refractivity contribution in [3.05, 3.63) is 51.4 Å². The number of anilines is 1. The summed E-state index contributed by atoms with van der Waals surface area (Å²) in [4.78, 5) is 39.3. The zero-order valence-corrected chi connectivity index (χ0v) is 17.1. The number of amides is 2. The van der Waals surface area contributed by atoms with Crippen LogP contribution in [-0.4, -0.2) is 36.3 Å². The number of aryl methyl sites for hydroxylation is 1. The van der Waals surface area contributed by atoms with Crippen LogP contribution in [0.4, 0.5) is 5.00 Å². The molecule has 6 nitrogen and oxygen atoms in total. The van der Waals surface area contributed by atoms with Crippen molar-refractivity contribution < 1.29 is 19.1 Å². The van der Waals surface area contributed by atoms with Crippen molar-refractivity contribution in [1.82, 2.24) is 4.90 Å². The molecule has 0 fully saturated rings. The average molecular weight is 401 g/mol. The van der Waals surface area contributed by atoms with Crippen molar-refractivity contribution >= 4 is 34.1 Å². The van der Waals surface area contributed by atoms with Crippen LogP contribution < -0.4 is 5.32 Å². The predicted molar refractivity (Wildman–Crippen MR) is 109 cm³/mol. The molecule has 0 saturated heterocycles. The Balaban J connectivity index is 1.81. The van der Waals surface area contributed by atoms with Crippen LogP contribution in [0.15, 0.2) is 24.3 Å². The number of ether oxygens (including phenoxy) is 1. The molecule has 3 rings (SSSR count). The van der Waals surface area contributed by atoms with E-state index in [1.165, 1.54) is 30.9 Å². The molecular formula is C21H24N2O4S. The number of carbonyl (C=O) groups is 3. The van der Waals surface area contributed by atoms with Crippen LogP contribution in [-0.2, 0) is 40.1 Å². The summed E-state index contributed by atoms with van der Waals surface area (Å²) in [5.74, 6) is -0.646. The molecule has 0 bridgehead atoms. The van der Waals surface area contributed by atoms with Gasteiger partial charge in [-0.25, -0.2) is 4.79 Å². The van der Waals surface area contributed by atoms with E-state index in [1.807, 2.05) is 24.3 Å². The van der Waals surface area contributed by atoms with Crippen LogP contribution >= 0.6 is 11.3 Å². The number of carbonyl (C=O) groups excluding carboxylic acids is 3. The number of nitrogens with zero attached hydrogens (tertiary/aromatic N) is 1. The Labute approximate surface area is 168 Å². The second-order valence-electron chi connectivity index (χ2n) is 6.79. The van der Waals surface area contributed by atoms with Gasteiger partial charge in [-0.2, -0.15) is 0 Å². The van der Waals surface area contributed by atoms with Gasteiger partial charge in [0.1, 0.15) is 5.00 Å². The molecule has 148 valence electrons. The molecule has 0 radical (unpaired) electrons. The van der Waals surface area contributed by atoms with E-state index in [1.54, 1.807) is 4.90 Å². The molecule has 28 heavy (non-hydrogen) atoms. The maximum absolute atomic E-state index is 12.6. The zero-order chi connectivity index (χ0) is 20.3. The summed E-state index contributed by atoms with van der Waals surface area (Å²) in [6, 6.07) is 7.93. The predicted octanol–water partition coefficient (Wildman–Crippen LogP) is 3.18. The number of rotatable bonds is 5. The molecule has 2 amide bonds. The van der Waals surface area contributed by atoms with Crippen LogP contribution in [0.1, 0.15) is 45.8 Å². The number of benzene rings is 1. The first kappa shape index (κ1) is 20.1. The van der Waals surface area contributed by atoms with E-state index in [9.17, 15) is 14.4 Å². The third-order valence-corrected chi connectivity index (χ3v) is 6.07. The number of nitrogens with one attached hydrogen (secondary N) is 1. The van der Waals surface area contributed by atoms with E-state index in [-0.39, 0.29) is 18.2 Å². The van der Waals surface area contributed by atoms with Gasteiger partial charge in [-0.3, -0.25) is 9.59 Å². The van der Waals surface area contributed by atoms with Gasteiger partial charge in [0.25, 0.3) is 0 Å². The van der Waals surface area contributed by atoms with Gasteiger partial charge in [0.2, 0.25) is 11.8 Å². The maximum Gasteiger partial charge on any atom is 0.341 e. The number of fused-ring (bicyclic) bond motifs is 1. The highest BCUT2D eigenvalue weighted by atomic mass is 32.1. The molecule has 1 aliphatic rings. The molecule has 0 unspecified atom stereocenters. The molecule has 1 aromatic heterocycles. The highest BCUT2D eigenvalue weighted by molar-refractivity contribution is 7.17. The third kappa shape index (κ3) is 4.25. The van der Waals surface area contributed by atoms with Crippen molar-refractivity contribution in [2.24, 2.45) is 0 Å². The molecule has 1 aliphatic heterocycles. The van der Waals surface area contributed by atoms with E-state index >= 15 is 0 Å². The highest BCUT2D eigenvalue weighted by Gasteiger charge is 2.30. The Morgan fingerprint density at radius 2 is 1.86 bits per heavy atom. The lowest BCUT2D eigenvalue weighted by molar-refractivity contribution is -0.129. The summed E-state index contributed by atoms with van der Waals surface area (Å²) in [7, 11) is 1.33. The number of methoxy groups -OCH3 is 1. The summed E-state index contributed by atoms with van der Waals surface area (Å²) in [6.07, 6.45) is 1.75. The van der Waals surface area contributed by atoms with Crippen molar-refractivity contribution in [3.8, 4) is 0 Å². The van der Waals surface area contributed by atoms with E-state index in [0.29, 0.717) is 30.1 Å². The minimum Gasteiger partial charge on any atom is -0.465 e. The highest BCUT2D eigenvalue weighted by Crippen LogP contribution is 2.37. The summed E-state index contributed by atoms with van der Waals surface area (Å²) in [5.41, 5.74) is 3.42. The summed E-state index contributed by atoms with van der Waals surface area (Å²) < 4.78 is 4.94. The van der Waals surface area contributed by atoms with Crippen molar-refractivity contribution in [2.45, 2.75) is 39.7 Å². The largest absolute Gasteiger partial charge is 0.465 e. The standard InChI is InChI=1S/C21H24N2O4S/c1-4-14-5-7-15(8-6-14)11-18(25)22-20-19(21(26)27-3)16-9-10-23(13(2)24)12-17(16)28-20/h5-8H,4,9-12H2,1-3H3,(H,22,25). The molecule has 2 aromatic rings. The number of thiophene rings is 1. The molecule has 7 heteroatoms. The Hall–Kier alpha value is -2.67. The normalized spacial score (nSPS) is 13.0. The van der Waals surface area contributed by atoms with Crippen molar-refractivity contribution in [2.75, 3.05) is 19.0 Å². The van der Waals surface area contributed by atoms with E-state index in [0.717, 1.165) is 22.4 Å². The minimum atomic E-state index is -0.462. The first-order valence-electron chi connectivity index (χ1n) is 9.29. The fourth-order valence-corrected chi connectivity index (χ4v) is 4.59. The second kappa shape index (κ2) is 8.56. The summed E-state index contributed by atoms with van der Waals surface area (Å²) >= 11 is 1.35. The molecule has 2 heterocycles. The second-order valence-corrected chi connectivity index (χ2v) is 7.89. The number of hydrogen-bond acceptors (Lipinski definition) is 5. The molecule has 0 spiro atoms. The third-order valence-electron chi connectivity index (χ3n) is 4.94. The summed E-state index contributed by atoms with van der Waals surface area (Å²) in [6.45, 7) is 4.63. The van der Waals surface area contributed by atoms with Crippen LogP contribution in [0.25, 0.3) is 0 Å². The smallest absolute Gasteiger partial charge is 0.341 e. The average Bonchev–Trinajstić information content (AvgIpc) is 3.04. The van der Waals surface area contributed by atoms with Gasteiger partial charge in [0, 0.05) is 18.3 Å². The van der Waals surface area contributed by atoms with Gasteiger partial charge in [-0.05, 0) is 29.5 Å². The fraction of sp³-hybridized carbons (Fsp3) is 0.381. The number of hydrogen-bond donors (Lipinski definition) is 1. The fourth-order valence-electron chi connectivity index (χ4n) is 3.33. The Kier molecular flexibility index (Phi) is 6.14. The van der Waals surface area contributed by atoms with Gasteiger partial charge in [-0.1, -0.05) is 31.2 Å². The molecular weight excluding hydrogens is 376 g/mol. The molecule has 0 aliphatic carbocycles. The molecule has 1 aromatic carbocycles. The first-order chi connectivity index (χ1) is 13.4. The van der Waals surface area contributed by atoms with Crippen molar-refractivity contribution in [3.63, 3.8) is 0 Å². The van der Waals surface area contributed by atoms with Gasteiger partial charge in [0.15, 0.2) is 0 Å². The van der Waals surface area contributed by atoms with E-state index < -0.39 is 5.97 Å². The van der Waals surface area contributed by atoms with Crippen LogP contribution in [0, 0.1) is 0 Å². The Morgan fingerprint density at radius 1 is 1.18 bits per heavy atom. The summed E-state index contributed by atoms with van der Waals surface area (Å²) in [5, 5.41) is 3.38. The molecule has 1 N–H and O–H groups in total. The topological polar surface area (TPSA) is 75.7 Å². The Morgan fingerprint density at radius 3 is 2.46 bits per heavy atom. The lowest BCUT2D eigenvalue weighted by Gasteiger charge is -2.25. The van der Waals surface area contributed by atoms with Gasteiger partial charge < -0.3 is 15.0 Å². The van der Waals surface area contributed by atoms with E-state index in [2.05, 4.69) is 12.2 Å². The van der Waals surface area contributed by atoms with Crippen LogP contribution in [0.2, 0.25) is 0 Å². The van der Waals surface area contributed by atoms with E-state index in [4.69, 9.17) is 4.74 Å². The lowest BCUT2D eigenvalue weighted by Crippen LogP contribution is -2.33. The SMILES string of the molecule is CCc1ccc(CC(=O)Nc2sc3c(c2C(=O)OC)CCN(C(C)=O)C3)cc1. The molecule has 0 saturated carbocycles. The Bertz CT molecular complexity index is 902.